The van der Waals surface area contributed by atoms with Crippen molar-refractivity contribution in [1.82, 2.24) is 0 Å². The topological polar surface area (TPSA) is 78.9 Å². The fraction of sp³-hybridized carbons (Fsp3) is 0.614. The van der Waals surface area contributed by atoms with Crippen LogP contribution in [0.5, 0.6) is 0 Å². The number of hydrogen-bond donors (Lipinski definition) is 0. The molecule has 0 spiro atoms. The van der Waals surface area contributed by atoms with Gasteiger partial charge in [-0.2, -0.15) is 0 Å². The Morgan fingerprint density at radius 1 is 0.276 bits per heavy atom. The molecule has 76 heavy (non-hydrogen) atoms. The molecule has 0 rings (SSSR count). The summed E-state index contributed by atoms with van der Waals surface area (Å²) in [6.45, 7) is 6.35. The summed E-state index contributed by atoms with van der Waals surface area (Å²) in [5.74, 6) is -0.959. The van der Waals surface area contributed by atoms with Gasteiger partial charge in [-0.25, -0.2) is 0 Å². The van der Waals surface area contributed by atoms with Crippen LogP contribution in [0.15, 0.2) is 146 Å². The van der Waals surface area contributed by atoms with Gasteiger partial charge >= 0.3 is 17.9 Å². The van der Waals surface area contributed by atoms with Crippen LogP contribution >= 0.6 is 0 Å². The Labute approximate surface area is 467 Å². The first-order valence-corrected chi connectivity index (χ1v) is 30.8. The number of allylic oxidation sites excluding steroid dienone is 24. The van der Waals surface area contributed by atoms with Crippen LogP contribution in [0.3, 0.4) is 0 Å². The average molecular weight is 1050 g/mol. The molecule has 0 aromatic rings. The van der Waals surface area contributed by atoms with Crippen LogP contribution in [-0.2, 0) is 28.6 Å². The van der Waals surface area contributed by atoms with Crippen molar-refractivity contribution in [2.24, 2.45) is 0 Å². The fourth-order valence-electron chi connectivity index (χ4n) is 8.00. The molecular weight excluding hydrogens is 937 g/mol. The molecule has 0 heterocycles. The average Bonchev–Trinajstić information content (AvgIpc) is 3.42. The normalized spacial score (nSPS) is 13.1. The van der Waals surface area contributed by atoms with E-state index >= 15 is 0 Å². The van der Waals surface area contributed by atoms with Crippen LogP contribution in [0.4, 0.5) is 0 Å². The summed E-state index contributed by atoms with van der Waals surface area (Å²) in [5.41, 5.74) is 0. The highest BCUT2D eigenvalue weighted by Crippen LogP contribution is 2.14. The van der Waals surface area contributed by atoms with E-state index in [1.807, 2.05) is 0 Å². The van der Waals surface area contributed by atoms with E-state index in [2.05, 4.69) is 167 Å². The Hall–Kier alpha value is -4.71. The molecule has 0 aromatic carbocycles. The zero-order valence-electron chi connectivity index (χ0n) is 49.0. The zero-order valence-corrected chi connectivity index (χ0v) is 49.0. The summed E-state index contributed by atoms with van der Waals surface area (Å²) in [6.07, 6.45) is 89.8. The Bertz CT molecular complexity index is 1680. The van der Waals surface area contributed by atoms with E-state index in [-0.39, 0.29) is 31.1 Å². The minimum atomic E-state index is -0.811. The molecule has 6 heteroatoms. The van der Waals surface area contributed by atoms with Crippen LogP contribution in [0, 0.1) is 0 Å². The number of rotatable bonds is 54. The predicted molar refractivity (Wildman–Crippen MR) is 329 cm³/mol. The number of ether oxygens (including phenoxy) is 3. The number of carbonyl (C=O) groups excluding carboxylic acids is 3. The molecule has 1 atom stereocenters. The fourth-order valence-corrected chi connectivity index (χ4v) is 8.00. The summed E-state index contributed by atoms with van der Waals surface area (Å²) in [5, 5.41) is 0. The van der Waals surface area contributed by atoms with Crippen molar-refractivity contribution in [2.45, 2.75) is 264 Å². The maximum Gasteiger partial charge on any atom is 0.306 e. The van der Waals surface area contributed by atoms with Crippen molar-refractivity contribution >= 4 is 17.9 Å². The molecule has 0 aliphatic carbocycles. The predicted octanol–water partition coefficient (Wildman–Crippen LogP) is 21.2. The summed E-state index contributed by atoms with van der Waals surface area (Å²) in [6, 6.07) is 0. The number of esters is 3. The van der Waals surface area contributed by atoms with Crippen molar-refractivity contribution in [3.05, 3.63) is 146 Å². The van der Waals surface area contributed by atoms with E-state index in [0.29, 0.717) is 19.3 Å². The third-order valence-electron chi connectivity index (χ3n) is 12.6. The summed E-state index contributed by atoms with van der Waals surface area (Å²) < 4.78 is 16.9. The Kier molecular flexibility index (Phi) is 58.9. The quantitative estimate of drug-likeness (QED) is 0.0261. The second-order valence-corrected chi connectivity index (χ2v) is 19.8. The zero-order chi connectivity index (χ0) is 55.0. The second kappa shape index (κ2) is 62.8. The van der Waals surface area contributed by atoms with Gasteiger partial charge in [0.1, 0.15) is 13.2 Å². The van der Waals surface area contributed by atoms with E-state index in [0.717, 1.165) is 173 Å². The molecule has 1 unspecified atom stereocenters. The van der Waals surface area contributed by atoms with Crippen LogP contribution in [-0.4, -0.2) is 37.2 Å². The van der Waals surface area contributed by atoms with Gasteiger partial charge in [-0.05, 0) is 141 Å². The molecule has 6 nitrogen and oxygen atoms in total. The van der Waals surface area contributed by atoms with Gasteiger partial charge in [0.05, 0.1) is 0 Å². The summed E-state index contributed by atoms with van der Waals surface area (Å²) >= 11 is 0. The minimum absolute atomic E-state index is 0.105. The van der Waals surface area contributed by atoms with Crippen molar-refractivity contribution in [3.8, 4) is 0 Å². The van der Waals surface area contributed by atoms with Crippen LogP contribution in [0.25, 0.3) is 0 Å². The molecule has 0 bridgehead atoms. The van der Waals surface area contributed by atoms with E-state index < -0.39 is 6.10 Å². The Balaban J connectivity index is 4.51. The van der Waals surface area contributed by atoms with E-state index in [4.69, 9.17) is 14.2 Å². The number of carbonyl (C=O) groups is 3. The van der Waals surface area contributed by atoms with Crippen molar-refractivity contribution in [3.63, 3.8) is 0 Å². The SMILES string of the molecule is CC/C=C\C/C=C\C/C=C\C/C=C\C/C=C\C/C=C\CCCCCCC(=O)OCC(COC(=O)CCCCCCC/C=C\C/C=C\CCCCCC)OC(=O)CCCCCCCC/C=C\C/C=C\C/C=C\C/C=C\CC. The van der Waals surface area contributed by atoms with E-state index in [1.54, 1.807) is 0 Å². The van der Waals surface area contributed by atoms with Gasteiger partial charge in [0.2, 0.25) is 0 Å². The van der Waals surface area contributed by atoms with Crippen LogP contribution in [0.2, 0.25) is 0 Å². The molecule has 0 saturated carbocycles. The van der Waals surface area contributed by atoms with Gasteiger partial charge in [-0.1, -0.05) is 244 Å². The first-order chi connectivity index (χ1) is 37.5. The van der Waals surface area contributed by atoms with Crippen molar-refractivity contribution < 1.29 is 28.6 Å². The highest BCUT2D eigenvalue weighted by Gasteiger charge is 2.19. The van der Waals surface area contributed by atoms with Gasteiger partial charge in [0.15, 0.2) is 6.10 Å². The van der Waals surface area contributed by atoms with Crippen LogP contribution < -0.4 is 0 Å². The molecule has 428 valence electrons. The standard InChI is InChI=1S/C70H112O6/c1-4-7-10-13-16-19-22-25-28-31-33-34-35-36-38-39-42-45-48-51-54-57-60-63-69(72)75-66-67(65-74-68(71)62-59-56-53-50-47-44-41-30-27-24-21-18-15-12-9-6-3)76-70(73)64-61-58-55-52-49-46-43-40-37-32-29-26-23-20-17-14-11-8-5-2/h7-8,10-11,16-17,19-21,24-26,28-30,33-34,36-38,40-42,45,67H,4-6,9,12-15,18,22-23,27,31-32,35,39,43-44,46-66H2,1-3H3/b10-7-,11-8-,19-16-,20-17-,24-21-,28-25-,29-26-,34-33-,38-36-,40-37-,41-30-,45-42-. The lowest BCUT2D eigenvalue weighted by atomic mass is 10.1. The van der Waals surface area contributed by atoms with Crippen LogP contribution in [0.1, 0.15) is 258 Å². The molecule has 0 aliphatic rings. The highest BCUT2D eigenvalue weighted by atomic mass is 16.6. The molecule has 0 amide bonds. The Morgan fingerprint density at radius 3 is 0.803 bits per heavy atom. The van der Waals surface area contributed by atoms with Crippen molar-refractivity contribution in [2.75, 3.05) is 13.2 Å². The lowest BCUT2D eigenvalue weighted by Gasteiger charge is -2.18. The summed E-state index contributed by atoms with van der Waals surface area (Å²) in [7, 11) is 0. The third kappa shape index (κ3) is 60.2. The molecular formula is C70H112O6. The lowest BCUT2D eigenvalue weighted by Crippen LogP contribution is -2.30. The number of unbranched alkanes of at least 4 members (excludes halogenated alkanes) is 19. The lowest BCUT2D eigenvalue weighted by molar-refractivity contribution is -0.167. The molecule has 0 saturated heterocycles. The minimum Gasteiger partial charge on any atom is -0.462 e. The molecule has 0 fully saturated rings. The van der Waals surface area contributed by atoms with Gasteiger partial charge in [-0.3, -0.25) is 14.4 Å². The largest absolute Gasteiger partial charge is 0.462 e. The second-order valence-electron chi connectivity index (χ2n) is 19.8. The maximum atomic E-state index is 12.9. The first-order valence-electron chi connectivity index (χ1n) is 30.8. The van der Waals surface area contributed by atoms with Gasteiger partial charge < -0.3 is 14.2 Å². The highest BCUT2D eigenvalue weighted by molar-refractivity contribution is 5.71. The van der Waals surface area contributed by atoms with E-state index in [1.165, 1.54) is 44.9 Å². The van der Waals surface area contributed by atoms with Gasteiger partial charge in [-0.15, -0.1) is 0 Å². The molecule has 0 aromatic heterocycles. The van der Waals surface area contributed by atoms with E-state index in [9.17, 15) is 14.4 Å². The van der Waals surface area contributed by atoms with Crippen molar-refractivity contribution in [1.29, 1.82) is 0 Å². The van der Waals surface area contributed by atoms with Gasteiger partial charge in [0, 0.05) is 19.3 Å². The first kappa shape index (κ1) is 71.3. The summed E-state index contributed by atoms with van der Waals surface area (Å²) in [4.78, 5) is 38.3. The molecule has 0 radical (unpaired) electrons. The molecule has 0 N–H and O–H groups in total. The third-order valence-corrected chi connectivity index (χ3v) is 12.6. The molecule has 0 aliphatic heterocycles. The smallest absolute Gasteiger partial charge is 0.306 e. The monoisotopic (exact) mass is 1050 g/mol. The van der Waals surface area contributed by atoms with Gasteiger partial charge in [0.25, 0.3) is 0 Å². The maximum absolute atomic E-state index is 12.9. The Morgan fingerprint density at radius 2 is 0.513 bits per heavy atom. The number of hydrogen-bond acceptors (Lipinski definition) is 6.